The van der Waals surface area contributed by atoms with Gasteiger partial charge in [-0.1, -0.05) is 15.9 Å². The molecular formula is C16H30BrNO4S. The van der Waals surface area contributed by atoms with Crippen molar-refractivity contribution in [2.45, 2.75) is 71.6 Å². The largest absolute Gasteiger partial charge is 0.480 e. The van der Waals surface area contributed by atoms with Crippen molar-refractivity contribution < 1.29 is 19.4 Å². The van der Waals surface area contributed by atoms with Gasteiger partial charge in [0.2, 0.25) is 0 Å². The number of carboxylic acid groups (broad SMARTS) is 1. The Morgan fingerprint density at radius 1 is 1.17 bits per heavy atom. The minimum absolute atomic E-state index is 0.402. The highest BCUT2D eigenvalue weighted by molar-refractivity contribution is 9.09. The molecule has 0 radical (unpaired) electrons. The first kappa shape index (κ1) is 22.6. The summed E-state index contributed by atoms with van der Waals surface area (Å²) in [4.78, 5) is 25.6. The lowest BCUT2D eigenvalue weighted by Gasteiger charge is -2.40. The molecule has 0 saturated heterocycles. The summed E-state index contributed by atoms with van der Waals surface area (Å²) in [7, 11) is 0. The number of rotatable bonds is 8. The smallest absolute Gasteiger partial charge is 0.411 e. The van der Waals surface area contributed by atoms with Gasteiger partial charge in [0.15, 0.2) is 0 Å². The SMILES string of the molecule is CC(C)(C)OC(=O)N([C@@H](CCSCCCBr)C(=O)O)C(C)(C)C. The molecule has 1 N–H and O–H groups in total. The second-order valence-electron chi connectivity index (χ2n) is 7.32. The fourth-order valence-electron chi connectivity index (χ4n) is 2.00. The highest BCUT2D eigenvalue weighted by Gasteiger charge is 2.39. The molecular weight excluding hydrogens is 382 g/mol. The van der Waals surface area contributed by atoms with Gasteiger partial charge in [-0.15, -0.1) is 0 Å². The number of hydrogen-bond acceptors (Lipinski definition) is 4. The number of halogens is 1. The van der Waals surface area contributed by atoms with E-state index in [2.05, 4.69) is 15.9 Å². The minimum atomic E-state index is -0.994. The van der Waals surface area contributed by atoms with Crippen molar-refractivity contribution in [3.05, 3.63) is 0 Å². The van der Waals surface area contributed by atoms with Crippen LogP contribution in [0.1, 0.15) is 54.4 Å². The summed E-state index contributed by atoms with van der Waals surface area (Å²) in [5.74, 6) is 0.672. The highest BCUT2D eigenvalue weighted by atomic mass is 79.9. The summed E-state index contributed by atoms with van der Waals surface area (Å²) < 4.78 is 5.41. The normalized spacial score (nSPS) is 13.5. The van der Waals surface area contributed by atoms with E-state index in [1.165, 1.54) is 4.90 Å². The fourth-order valence-corrected chi connectivity index (χ4v) is 3.59. The second kappa shape index (κ2) is 9.77. The number of hydrogen-bond donors (Lipinski definition) is 1. The van der Waals surface area contributed by atoms with Gasteiger partial charge in [0, 0.05) is 10.9 Å². The first-order chi connectivity index (χ1) is 10.4. The predicted octanol–water partition coefficient (Wildman–Crippen LogP) is 4.38. The van der Waals surface area contributed by atoms with Gasteiger partial charge in [-0.05, 0) is 65.9 Å². The maximum atomic E-state index is 12.5. The van der Waals surface area contributed by atoms with Gasteiger partial charge >= 0.3 is 12.1 Å². The van der Waals surface area contributed by atoms with Crippen LogP contribution in [0.2, 0.25) is 0 Å². The van der Waals surface area contributed by atoms with E-state index in [0.717, 1.165) is 17.5 Å². The molecule has 0 saturated carbocycles. The van der Waals surface area contributed by atoms with Gasteiger partial charge in [0.05, 0.1) is 0 Å². The number of thioether (sulfide) groups is 1. The Bertz CT molecular complexity index is 391. The Kier molecular flexibility index (Phi) is 9.58. The third kappa shape index (κ3) is 9.45. The fraction of sp³-hybridized carbons (Fsp3) is 0.875. The summed E-state index contributed by atoms with van der Waals surface area (Å²) >= 11 is 5.08. The Balaban J connectivity index is 5.06. The van der Waals surface area contributed by atoms with Crippen LogP contribution in [0.3, 0.4) is 0 Å². The zero-order valence-corrected chi connectivity index (χ0v) is 17.4. The van der Waals surface area contributed by atoms with Crippen molar-refractivity contribution in [2.24, 2.45) is 0 Å². The number of ether oxygens (including phenoxy) is 1. The second-order valence-corrected chi connectivity index (χ2v) is 9.34. The van der Waals surface area contributed by atoms with Crippen molar-refractivity contribution >= 4 is 39.8 Å². The van der Waals surface area contributed by atoms with Crippen LogP contribution in [0, 0.1) is 0 Å². The summed E-state index contributed by atoms with van der Waals surface area (Å²) in [6, 6.07) is -0.888. The molecule has 0 aliphatic rings. The lowest BCUT2D eigenvalue weighted by Crippen LogP contribution is -2.56. The Morgan fingerprint density at radius 3 is 2.13 bits per heavy atom. The number of aliphatic carboxylic acids is 1. The van der Waals surface area contributed by atoms with Crippen molar-refractivity contribution in [1.82, 2.24) is 4.90 Å². The quantitative estimate of drug-likeness (QED) is 0.473. The molecule has 0 heterocycles. The summed E-state index contributed by atoms with van der Waals surface area (Å²) in [6.45, 7) is 10.8. The average molecular weight is 412 g/mol. The van der Waals surface area contributed by atoms with E-state index in [-0.39, 0.29) is 0 Å². The number of amides is 1. The summed E-state index contributed by atoms with van der Waals surface area (Å²) in [5, 5.41) is 10.5. The van der Waals surface area contributed by atoms with Crippen molar-refractivity contribution in [3.63, 3.8) is 0 Å². The van der Waals surface area contributed by atoms with Crippen LogP contribution in [0.5, 0.6) is 0 Å². The number of nitrogens with zero attached hydrogens (tertiary/aromatic N) is 1. The molecule has 136 valence electrons. The standard InChI is InChI=1S/C16H30BrNO4S/c1-15(2,3)18(14(21)22-16(4,5)6)12(13(19)20)8-11-23-10-7-9-17/h12H,7-11H2,1-6H3,(H,19,20)/t12-/m0/s1. The molecule has 23 heavy (non-hydrogen) atoms. The molecule has 0 aliphatic carbocycles. The topological polar surface area (TPSA) is 66.8 Å². The molecule has 0 aliphatic heterocycles. The van der Waals surface area contributed by atoms with Crippen LogP contribution in [-0.4, -0.2) is 56.1 Å². The van der Waals surface area contributed by atoms with Crippen molar-refractivity contribution in [3.8, 4) is 0 Å². The van der Waals surface area contributed by atoms with E-state index in [4.69, 9.17) is 4.74 Å². The zero-order valence-electron chi connectivity index (χ0n) is 15.0. The molecule has 7 heteroatoms. The van der Waals surface area contributed by atoms with Crippen LogP contribution < -0.4 is 0 Å². The van der Waals surface area contributed by atoms with Gasteiger partial charge in [-0.2, -0.15) is 11.8 Å². The molecule has 0 rings (SSSR count). The lowest BCUT2D eigenvalue weighted by molar-refractivity contribution is -0.145. The summed E-state index contributed by atoms with van der Waals surface area (Å²) in [6.07, 6.45) is 0.860. The number of carbonyl (C=O) groups excluding carboxylic acids is 1. The number of alkyl halides is 1. The third-order valence-electron chi connectivity index (χ3n) is 2.87. The van der Waals surface area contributed by atoms with Gasteiger partial charge in [-0.25, -0.2) is 9.59 Å². The van der Waals surface area contributed by atoms with E-state index in [9.17, 15) is 14.7 Å². The third-order valence-corrected chi connectivity index (χ3v) is 4.53. The number of carbonyl (C=O) groups is 2. The first-order valence-electron chi connectivity index (χ1n) is 7.79. The lowest BCUT2D eigenvalue weighted by atomic mass is 10.0. The molecule has 0 spiro atoms. The van der Waals surface area contributed by atoms with Crippen LogP contribution in [0.25, 0.3) is 0 Å². The predicted molar refractivity (Wildman–Crippen MR) is 99.6 cm³/mol. The van der Waals surface area contributed by atoms with Crippen LogP contribution in [0.4, 0.5) is 4.79 Å². The Morgan fingerprint density at radius 2 is 1.74 bits per heavy atom. The van der Waals surface area contributed by atoms with E-state index in [1.54, 1.807) is 32.5 Å². The van der Waals surface area contributed by atoms with Gasteiger partial charge in [0.1, 0.15) is 11.6 Å². The first-order valence-corrected chi connectivity index (χ1v) is 10.1. The minimum Gasteiger partial charge on any atom is -0.480 e. The van der Waals surface area contributed by atoms with Gasteiger partial charge in [0.25, 0.3) is 0 Å². The van der Waals surface area contributed by atoms with Crippen molar-refractivity contribution in [2.75, 3.05) is 16.8 Å². The van der Waals surface area contributed by atoms with E-state index in [0.29, 0.717) is 12.2 Å². The Labute approximate surface area is 152 Å². The van der Waals surface area contributed by atoms with E-state index in [1.807, 2.05) is 20.8 Å². The van der Waals surface area contributed by atoms with Crippen LogP contribution in [0.15, 0.2) is 0 Å². The Hall–Kier alpha value is -0.430. The molecule has 5 nitrogen and oxygen atoms in total. The molecule has 1 atom stereocenters. The molecule has 1 amide bonds. The maximum absolute atomic E-state index is 12.5. The number of carboxylic acids is 1. The van der Waals surface area contributed by atoms with Crippen LogP contribution in [-0.2, 0) is 9.53 Å². The van der Waals surface area contributed by atoms with Gasteiger partial charge < -0.3 is 9.84 Å². The van der Waals surface area contributed by atoms with Crippen molar-refractivity contribution in [1.29, 1.82) is 0 Å². The molecule has 0 aromatic rings. The summed E-state index contributed by atoms with van der Waals surface area (Å²) in [5.41, 5.74) is -1.29. The highest BCUT2D eigenvalue weighted by Crippen LogP contribution is 2.24. The average Bonchev–Trinajstić information content (AvgIpc) is 2.32. The zero-order chi connectivity index (χ0) is 18.3. The molecule has 0 aromatic carbocycles. The molecule has 0 fully saturated rings. The monoisotopic (exact) mass is 411 g/mol. The van der Waals surface area contributed by atoms with E-state index < -0.39 is 29.2 Å². The molecule has 0 unspecified atom stereocenters. The molecule has 0 bridgehead atoms. The maximum Gasteiger partial charge on any atom is 0.411 e. The van der Waals surface area contributed by atoms with E-state index >= 15 is 0 Å². The van der Waals surface area contributed by atoms with Crippen LogP contribution >= 0.6 is 27.7 Å². The van der Waals surface area contributed by atoms with Gasteiger partial charge in [-0.3, -0.25) is 4.90 Å². The molecule has 0 aromatic heterocycles.